The lowest BCUT2D eigenvalue weighted by atomic mass is 10.1. The zero-order valence-corrected chi connectivity index (χ0v) is 17.5. The lowest BCUT2D eigenvalue weighted by Gasteiger charge is -2.16. The molecule has 7 nitrogen and oxygen atoms in total. The molecular formula is C25H22N4O3. The molecule has 0 unspecified atom stereocenters. The molecule has 32 heavy (non-hydrogen) atoms. The summed E-state index contributed by atoms with van der Waals surface area (Å²) in [6.45, 7) is 1.66. The highest BCUT2D eigenvalue weighted by Crippen LogP contribution is 2.18. The number of hydrogen-bond donors (Lipinski definition) is 2. The average molecular weight is 426 g/mol. The maximum absolute atomic E-state index is 12.6. The number of carbonyl (C=O) groups is 2. The van der Waals surface area contributed by atoms with Crippen molar-refractivity contribution in [1.29, 1.82) is 0 Å². The Kier molecular flexibility index (Phi) is 6.07. The van der Waals surface area contributed by atoms with E-state index in [-0.39, 0.29) is 30.0 Å². The molecule has 0 spiro atoms. The van der Waals surface area contributed by atoms with Crippen molar-refractivity contribution in [2.45, 2.75) is 19.5 Å². The van der Waals surface area contributed by atoms with E-state index in [1.165, 1.54) is 0 Å². The van der Waals surface area contributed by atoms with Crippen LogP contribution in [0.1, 0.15) is 28.9 Å². The predicted octanol–water partition coefficient (Wildman–Crippen LogP) is 3.53. The van der Waals surface area contributed by atoms with E-state index in [1.54, 1.807) is 54.7 Å². The van der Waals surface area contributed by atoms with Crippen molar-refractivity contribution in [2.75, 3.05) is 5.32 Å². The van der Waals surface area contributed by atoms with E-state index in [9.17, 15) is 14.4 Å². The Hall–Kier alpha value is -4.26. The molecule has 0 bridgehead atoms. The predicted molar refractivity (Wildman–Crippen MR) is 123 cm³/mol. The second-order valence-electron chi connectivity index (χ2n) is 7.43. The highest BCUT2D eigenvalue weighted by molar-refractivity contribution is 6.04. The second kappa shape index (κ2) is 9.26. The number of carbonyl (C=O) groups excluding carboxylic acids is 2. The Bertz CT molecular complexity index is 1330. The number of rotatable bonds is 6. The Morgan fingerprint density at radius 2 is 1.72 bits per heavy atom. The summed E-state index contributed by atoms with van der Waals surface area (Å²) in [5.74, 6) is -0.540. The zero-order chi connectivity index (χ0) is 22.5. The summed E-state index contributed by atoms with van der Waals surface area (Å²) in [6.07, 6.45) is 1.58. The molecule has 0 saturated heterocycles. The van der Waals surface area contributed by atoms with Crippen molar-refractivity contribution in [3.8, 4) is 0 Å². The van der Waals surface area contributed by atoms with Gasteiger partial charge >= 0.3 is 0 Å². The fourth-order valence-electron chi connectivity index (χ4n) is 3.43. The third-order valence-corrected chi connectivity index (χ3v) is 5.11. The minimum atomic E-state index is -0.332. The van der Waals surface area contributed by atoms with Gasteiger partial charge < -0.3 is 10.6 Å². The van der Waals surface area contributed by atoms with Gasteiger partial charge in [-0.2, -0.15) is 5.10 Å². The highest BCUT2D eigenvalue weighted by atomic mass is 16.2. The Balaban J connectivity index is 1.43. The molecule has 0 aliphatic heterocycles. The van der Waals surface area contributed by atoms with Crippen molar-refractivity contribution in [2.24, 2.45) is 0 Å². The van der Waals surface area contributed by atoms with Crippen LogP contribution in [-0.4, -0.2) is 21.6 Å². The van der Waals surface area contributed by atoms with Gasteiger partial charge in [0.1, 0.15) is 6.54 Å². The monoisotopic (exact) mass is 426 g/mol. The van der Waals surface area contributed by atoms with Gasteiger partial charge in [-0.05, 0) is 42.8 Å². The summed E-state index contributed by atoms with van der Waals surface area (Å²) in [7, 11) is 0. The van der Waals surface area contributed by atoms with Crippen molar-refractivity contribution in [3.05, 3.63) is 107 Å². The first-order valence-electron chi connectivity index (χ1n) is 10.2. The fraction of sp³-hybridized carbons (Fsp3) is 0.120. The molecule has 0 aliphatic rings. The molecule has 160 valence electrons. The van der Waals surface area contributed by atoms with E-state index < -0.39 is 0 Å². The van der Waals surface area contributed by atoms with Gasteiger partial charge in [-0.25, -0.2) is 4.68 Å². The molecule has 0 saturated carbocycles. The number of fused-ring (bicyclic) bond motifs is 1. The molecule has 3 aromatic carbocycles. The summed E-state index contributed by atoms with van der Waals surface area (Å²) < 4.78 is 1.15. The van der Waals surface area contributed by atoms with E-state index in [1.807, 2.05) is 37.3 Å². The standard InChI is InChI=1S/C25H22N4O3/c1-17(19-11-7-12-21(14-19)28-24(31)18-8-3-2-4-9-18)27-23(30)16-29-25(32)22-13-6-5-10-20(22)15-26-29/h2-15,17H,16H2,1H3,(H,27,30)(H,28,31)/t17-/m1/s1. The highest BCUT2D eigenvalue weighted by Gasteiger charge is 2.13. The first-order chi connectivity index (χ1) is 15.5. The Morgan fingerprint density at radius 3 is 2.53 bits per heavy atom. The number of amides is 2. The molecule has 1 aromatic heterocycles. The molecule has 1 atom stereocenters. The first-order valence-corrected chi connectivity index (χ1v) is 10.2. The lowest BCUT2D eigenvalue weighted by Crippen LogP contribution is -2.35. The minimum absolute atomic E-state index is 0.182. The van der Waals surface area contributed by atoms with E-state index in [0.717, 1.165) is 15.6 Å². The fourth-order valence-corrected chi connectivity index (χ4v) is 3.43. The number of benzene rings is 3. The van der Waals surface area contributed by atoms with Gasteiger partial charge in [0.25, 0.3) is 11.5 Å². The lowest BCUT2D eigenvalue weighted by molar-refractivity contribution is -0.122. The molecule has 0 fully saturated rings. The quantitative estimate of drug-likeness (QED) is 0.493. The minimum Gasteiger partial charge on any atom is -0.348 e. The molecular weight excluding hydrogens is 404 g/mol. The molecule has 7 heteroatoms. The van der Waals surface area contributed by atoms with Gasteiger partial charge in [-0.15, -0.1) is 0 Å². The van der Waals surface area contributed by atoms with Crippen LogP contribution < -0.4 is 16.2 Å². The van der Waals surface area contributed by atoms with Crippen LogP contribution in [0.2, 0.25) is 0 Å². The first kappa shape index (κ1) is 21.0. The maximum atomic E-state index is 12.6. The number of aromatic nitrogens is 2. The normalized spacial score (nSPS) is 11.7. The summed E-state index contributed by atoms with van der Waals surface area (Å²) in [6, 6.07) is 23.0. The number of nitrogens with one attached hydrogen (secondary N) is 2. The number of nitrogens with zero attached hydrogens (tertiary/aromatic N) is 2. The van der Waals surface area contributed by atoms with Gasteiger partial charge in [-0.3, -0.25) is 14.4 Å². The van der Waals surface area contributed by atoms with Crippen LogP contribution in [-0.2, 0) is 11.3 Å². The van der Waals surface area contributed by atoms with Crippen molar-refractivity contribution in [1.82, 2.24) is 15.1 Å². The van der Waals surface area contributed by atoms with Crippen LogP contribution >= 0.6 is 0 Å². The summed E-state index contributed by atoms with van der Waals surface area (Å²) >= 11 is 0. The average Bonchev–Trinajstić information content (AvgIpc) is 2.82. The molecule has 2 amide bonds. The van der Waals surface area contributed by atoms with E-state index in [4.69, 9.17) is 0 Å². The van der Waals surface area contributed by atoms with Crippen LogP contribution in [0.25, 0.3) is 10.8 Å². The third kappa shape index (κ3) is 4.73. The number of hydrogen-bond acceptors (Lipinski definition) is 4. The molecule has 4 rings (SSSR count). The van der Waals surface area contributed by atoms with Crippen LogP contribution in [0.5, 0.6) is 0 Å². The van der Waals surface area contributed by atoms with E-state index >= 15 is 0 Å². The Labute approximate surface area is 184 Å². The van der Waals surface area contributed by atoms with E-state index in [0.29, 0.717) is 16.6 Å². The summed E-state index contributed by atoms with van der Waals surface area (Å²) in [5, 5.41) is 11.1. The maximum Gasteiger partial charge on any atom is 0.275 e. The molecule has 0 aliphatic carbocycles. The van der Waals surface area contributed by atoms with Crippen molar-refractivity contribution in [3.63, 3.8) is 0 Å². The van der Waals surface area contributed by atoms with Gasteiger partial charge in [0.15, 0.2) is 0 Å². The topological polar surface area (TPSA) is 93.1 Å². The van der Waals surface area contributed by atoms with Crippen LogP contribution in [0.3, 0.4) is 0 Å². The third-order valence-electron chi connectivity index (χ3n) is 5.11. The second-order valence-corrected chi connectivity index (χ2v) is 7.43. The van der Waals surface area contributed by atoms with Gasteiger partial charge in [0, 0.05) is 16.6 Å². The van der Waals surface area contributed by atoms with Gasteiger partial charge in [0.05, 0.1) is 17.6 Å². The largest absolute Gasteiger partial charge is 0.348 e. The van der Waals surface area contributed by atoms with Gasteiger partial charge in [-0.1, -0.05) is 48.5 Å². The van der Waals surface area contributed by atoms with Crippen LogP contribution in [0.4, 0.5) is 5.69 Å². The smallest absolute Gasteiger partial charge is 0.275 e. The molecule has 1 heterocycles. The van der Waals surface area contributed by atoms with E-state index in [2.05, 4.69) is 15.7 Å². The molecule has 0 radical (unpaired) electrons. The number of anilines is 1. The molecule has 4 aromatic rings. The van der Waals surface area contributed by atoms with Crippen LogP contribution in [0, 0.1) is 0 Å². The summed E-state index contributed by atoms with van der Waals surface area (Å²) in [4.78, 5) is 37.5. The van der Waals surface area contributed by atoms with Crippen molar-refractivity contribution >= 4 is 28.3 Å². The zero-order valence-electron chi connectivity index (χ0n) is 17.5. The Morgan fingerprint density at radius 1 is 0.969 bits per heavy atom. The summed E-state index contributed by atoms with van der Waals surface area (Å²) in [5.41, 5.74) is 1.71. The molecule has 2 N–H and O–H groups in total. The van der Waals surface area contributed by atoms with Crippen molar-refractivity contribution < 1.29 is 9.59 Å². The SMILES string of the molecule is C[C@@H](NC(=O)Cn1ncc2ccccc2c1=O)c1cccc(NC(=O)c2ccccc2)c1. The van der Waals surface area contributed by atoms with Crippen LogP contribution in [0.15, 0.2) is 89.9 Å². The van der Waals surface area contributed by atoms with Gasteiger partial charge in [0.2, 0.25) is 5.91 Å².